The van der Waals surface area contributed by atoms with Gasteiger partial charge in [-0.1, -0.05) is 113 Å². The number of nitrogens with zero attached hydrogens (tertiary/aromatic N) is 2. The van der Waals surface area contributed by atoms with E-state index in [4.69, 9.17) is 16.0 Å². The molecule has 0 fully saturated rings. The lowest BCUT2D eigenvalue weighted by atomic mass is 9.85. The zero-order valence-electron chi connectivity index (χ0n) is 29.3. The van der Waals surface area contributed by atoms with E-state index in [9.17, 15) is 0 Å². The fourth-order valence-corrected chi connectivity index (χ4v) is 8.40. The molecular weight excluding hydrogens is 632 g/mol. The average molecular weight is 671 g/mol. The monoisotopic (exact) mass is 670 g/mol. The molecule has 4 heteroatoms. The number of para-hydroxylation sites is 2. The molecule has 0 N–H and O–H groups in total. The Hall–Kier alpha value is -5.25. The predicted octanol–water partition coefficient (Wildman–Crippen LogP) is 13.6. The normalized spacial score (nSPS) is 13.7. The minimum atomic E-state index is -0.205. The molecule has 0 unspecified atom stereocenters. The molecule has 8 aromatic rings. The molecule has 0 amide bonds. The van der Waals surface area contributed by atoms with Gasteiger partial charge in [-0.3, -0.25) is 0 Å². The third-order valence-electron chi connectivity index (χ3n) is 10.5. The number of hydrogen-bond donors (Lipinski definition) is 0. The molecule has 0 saturated heterocycles. The van der Waals surface area contributed by atoms with Crippen LogP contribution in [0.1, 0.15) is 57.0 Å². The molecule has 1 aliphatic carbocycles. The van der Waals surface area contributed by atoms with Gasteiger partial charge in [0.2, 0.25) is 0 Å². The first-order valence-corrected chi connectivity index (χ1v) is 17.8. The average Bonchev–Trinajstić information content (AvgIpc) is 3.71. The molecule has 9 rings (SSSR count). The van der Waals surface area contributed by atoms with Gasteiger partial charge in [-0.05, 0) is 95.3 Å². The van der Waals surface area contributed by atoms with Crippen LogP contribution in [0.2, 0.25) is 5.02 Å². The number of aromatic nitrogens is 1. The van der Waals surface area contributed by atoms with Crippen LogP contribution in [0.15, 0.2) is 132 Å². The highest BCUT2D eigenvalue weighted by molar-refractivity contribution is 6.31. The number of furan rings is 1. The van der Waals surface area contributed by atoms with E-state index in [1.807, 2.05) is 30.3 Å². The van der Waals surface area contributed by atoms with E-state index < -0.39 is 0 Å². The summed E-state index contributed by atoms with van der Waals surface area (Å²) in [6.45, 7) is 13.8. The Morgan fingerprint density at radius 1 is 0.700 bits per heavy atom. The first-order valence-electron chi connectivity index (χ1n) is 17.4. The Morgan fingerprint density at radius 3 is 2.28 bits per heavy atom. The zero-order valence-corrected chi connectivity index (χ0v) is 30.1. The van der Waals surface area contributed by atoms with Gasteiger partial charge < -0.3 is 13.9 Å². The maximum atomic E-state index is 6.69. The van der Waals surface area contributed by atoms with E-state index in [-0.39, 0.29) is 10.8 Å². The van der Waals surface area contributed by atoms with Crippen LogP contribution >= 0.6 is 11.6 Å². The minimum Gasteiger partial charge on any atom is -0.454 e. The van der Waals surface area contributed by atoms with Crippen LogP contribution in [0.4, 0.5) is 17.1 Å². The fraction of sp³-hybridized carbons (Fsp3) is 0.174. The molecule has 0 spiro atoms. The quantitative estimate of drug-likeness (QED) is 0.186. The highest BCUT2D eigenvalue weighted by Gasteiger charge is 2.41. The van der Waals surface area contributed by atoms with Crippen molar-refractivity contribution in [2.45, 2.75) is 52.4 Å². The van der Waals surface area contributed by atoms with Gasteiger partial charge in [-0.25, -0.2) is 0 Å². The molecule has 6 aromatic carbocycles. The largest absolute Gasteiger partial charge is 0.454 e. The zero-order chi connectivity index (χ0) is 34.5. The van der Waals surface area contributed by atoms with E-state index in [1.54, 1.807) is 0 Å². The lowest BCUT2D eigenvalue weighted by Crippen LogP contribution is -2.20. The number of fused-ring (bicyclic) bond motifs is 8. The summed E-state index contributed by atoms with van der Waals surface area (Å²) in [5, 5.41) is 4.17. The second-order valence-electron chi connectivity index (χ2n) is 15.3. The Labute approximate surface area is 298 Å². The Bertz CT molecular complexity index is 2650. The van der Waals surface area contributed by atoms with Gasteiger partial charge in [0.1, 0.15) is 5.58 Å². The molecule has 50 heavy (non-hydrogen) atoms. The topological polar surface area (TPSA) is 21.3 Å². The van der Waals surface area contributed by atoms with Crippen LogP contribution in [0.3, 0.4) is 0 Å². The van der Waals surface area contributed by atoms with Crippen molar-refractivity contribution in [1.82, 2.24) is 4.57 Å². The highest BCUT2D eigenvalue weighted by atomic mass is 35.5. The van der Waals surface area contributed by atoms with Crippen molar-refractivity contribution in [3.8, 4) is 16.8 Å². The third-order valence-corrected chi connectivity index (χ3v) is 10.8. The molecule has 2 heterocycles. The van der Waals surface area contributed by atoms with Crippen LogP contribution < -0.4 is 4.90 Å². The molecule has 1 aliphatic rings. The molecule has 0 atom stereocenters. The second kappa shape index (κ2) is 10.9. The van der Waals surface area contributed by atoms with Crippen molar-refractivity contribution in [3.05, 3.63) is 155 Å². The summed E-state index contributed by atoms with van der Waals surface area (Å²) in [6.07, 6.45) is 0. The van der Waals surface area contributed by atoms with Crippen molar-refractivity contribution in [3.63, 3.8) is 0 Å². The summed E-state index contributed by atoms with van der Waals surface area (Å²) in [5.41, 5.74) is 14.7. The van der Waals surface area contributed by atoms with Gasteiger partial charge >= 0.3 is 0 Å². The van der Waals surface area contributed by atoms with Gasteiger partial charge in [-0.15, -0.1) is 0 Å². The second-order valence-corrected chi connectivity index (χ2v) is 15.7. The van der Waals surface area contributed by atoms with Crippen LogP contribution in [0.25, 0.3) is 49.7 Å². The molecule has 2 aromatic heterocycles. The van der Waals surface area contributed by atoms with Gasteiger partial charge in [0.25, 0.3) is 0 Å². The predicted molar refractivity (Wildman–Crippen MR) is 211 cm³/mol. The summed E-state index contributed by atoms with van der Waals surface area (Å²) in [7, 11) is 0. The minimum absolute atomic E-state index is 0.0302. The third kappa shape index (κ3) is 4.57. The Balaban J connectivity index is 1.34. The number of aryl methyl sites for hydroxylation is 1. The van der Waals surface area contributed by atoms with Crippen LogP contribution in [0.5, 0.6) is 0 Å². The molecule has 0 aliphatic heterocycles. The van der Waals surface area contributed by atoms with E-state index in [1.165, 1.54) is 38.9 Å². The summed E-state index contributed by atoms with van der Waals surface area (Å²) in [5.74, 6) is 0. The Kier molecular flexibility index (Phi) is 6.69. The van der Waals surface area contributed by atoms with E-state index in [2.05, 4.69) is 148 Å². The number of anilines is 3. The first kappa shape index (κ1) is 30.8. The smallest absolute Gasteiger partial charge is 0.159 e. The SMILES string of the molecule is Cc1cc(N(c2cccc(Cl)c2)c2cccc3c2oc2ccccc23)cc(-n2c3c(c4cc(C(C)(C)C)ccc42)-c2ccccc2C3(C)C)c1. The Morgan fingerprint density at radius 2 is 1.46 bits per heavy atom. The maximum absolute atomic E-state index is 6.69. The van der Waals surface area contributed by atoms with Crippen LogP contribution in [-0.2, 0) is 10.8 Å². The van der Waals surface area contributed by atoms with Crippen molar-refractivity contribution in [2.24, 2.45) is 0 Å². The van der Waals surface area contributed by atoms with Gasteiger partial charge in [0.15, 0.2) is 5.58 Å². The van der Waals surface area contributed by atoms with Crippen molar-refractivity contribution in [2.75, 3.05) is 4.90 Å². The highest BCUT2D eigenvalue weighted by Crippen LogP contribution is 2.54. The molecular formula is C46H39ClN2O. The number of halogens is 1. The van der Waals surface area contributed by atoms with Gasteiger partial charge in [0, 0.05) is 54.9 Å². The van der Waals surface area contributed by atoms with E-state index in [0.29, 0.717) is 5.02 Å². The molecule has 246 valence electrons. The van der Waals surface area contributed by atoms with Crippen LogP contribution in [-0.4, -0.2) is 4.57 Å². The summed E-state index contributed by atoms with van der Waals surface area (Å²) < 4.78 is 9.13. The van der Waals surface area contributed by atoms with E-state index in [0.717, 1.165) is 50.3 Å². The number of benzene rings is 6. The van der Waals surface area contributed by atoms with Gasteiger partial charge in [0.05, 0.1) is 11.2 Å². The van der Waals surface area contributed by atoms with Crippen molar-refractivity contribution < 1.29 is 4.42 Å². The lowest BCUT2D eigenvalue weighted by molar-refractivity contribution is 0.591. The lowest BCUT2D eigenvalue weighted by Gasteiger charge is -2.28. The fourth-order valence-electron chi connectivity index (χ4n) is 8.22. The number of rotatable bonds is 4. The maximum Gasteiger partial charge on any atom is 0.159 e. The van der Waals surface area contributed by atoms with Crippen molar-refractivity contribution >= 4 is 61.5 Å². The van der Waals surface area contributed by atoms with Gasteiger partial charge in [-0.2, -0.15) is 0 Å². The molecule has 3 nitrogen and oxygen atoms in total. The first-order chi connectivity index (χ1) is 24.0. The summed E-state index contributed by atoms with van der Waals surface area (Å²) in [6, 6.07) is 45.7. The molecule has 0 bridgehead atoms. The van der Waals surface area contributed by atoms with Crippen LogP contribution in [0, 0.1) is 6.92 Å². The van der Waals surface area contributed by atoms with Crippen molar-refractivity contribution in [1.29, 1.82) is 0 Å². The summed E-state index contributed by atoms with van der Waals surface area (Å²) >= 11 is 6.69. The molecule has 0 saturated carbocycles. The summed E-state index contributed by atoms with van der Waals surface area (Å²) in [4.78, 5) is 2.29. The number of hydrogen-bond acceptors (Lipinski definition) is 2. The van der Waals surface area contributed by atoms with E-state index >= 15 is 0 Å². The molecule has 0 radical (unpaired) electrons. The standard InChI is InChI=1S/C46H39ClN2O/c1-28-23-32(48(31-14-11-13-30(47)26-31)40-19-12-17-35-34-15-8-10-20-41(34)50-43(35)40)27-33(24-28)49-39-22-21-29(45(2,3)4)25-37(39)42-36-16-7-9-18-38(36)46(5,6)44(42)49/h7-27H,1-6H3.